The number of morpholine rings is 1. The minimum absolute atomic E-state index is 0.198. The number of anilines is 2. The van der Waals surface area contributed by atoms with Crippen LogP contribution < -0.4 is 15.5 Å². The van der Waals surface area contributed by atoms with Crippen molar-refractivity contribution in [2.75, 3.05) is 43.1 Å². The monoisotopic (exact) mass is 445 g/mol. The van der Waals surface area contributed by atoms with Crippen molar-refractivity contribution >= 4 is 34.8 Å². The van der Waals surface area contributed by atoms with Crippen molar-refractivity contribution in [3.63, 3.8) is 0 Å². The first-order valence-corrected chi connectivity index (χ1v) is 10.6. The maximum atomic E-state index is 12.6. The zero-order valence-electron chi connectivity index (χ0n) is 17.8. The van der Waals surface area contributed by atoms with E-state index in [1.807, 2.05) is 24.3 Å². The number of halogens is 1. The van der Waals surface area contributed by atoms with Gasteiger partial charge in [0, 0.05) is 35.1 Å². The molecule has 0 bridgehead atoms. The van der Waals surface area contributed by atoms with Crippen LogP contribution in [0.15, 0.2) is 42.5 Å². The third-order valence-electron chi connectivity index (χ3n) is 4.94. The number of hydrogen-bond donors (Lipinski definition) is 3. The first-order chi connectivity index (χ1) is 14.8. The van der Waals surface area contributed by atoms with Crippen LogP contribution in [-0.4, -0.2) is 55.4 Å². The molecule has 0 aromatic heterocycles. The van der Waals surface area contributed by atoms with Gasteiger partial charge in [-0.05, 0) is 49.7 Å². The van der Waals surface area contributed by atoms with Gasteiger partial charge in [-0.2, -0.15) is 0 Å². The van der Waals surface area contributed by atoms with Crippen LogP contribution in [0.25, 0.3) is 0 Å². The van der Waals surface area contributed by atoms with E-state index in [0.717, 1.165) is 24.3 Å². The largest absolute Gasteiger partial charge is 0.394 e. The minimum Gasteiger partial charge on any atom is -0.394 e. The van der Waals surface area contributed by atoms with Crippen LogP contribution in [0.4, 0.5) is 11.4 Å². The fourth-order valence-electron chi connectivity index (χ4n) is 3.29. The predicted molar refractivity (Wildman–Crippen MR) is 122 cm³/mol. The molecule has 2 amide bonds. The van der Waals surface area contributed by atoms with Crippen molar-refractivity contribution in [1.29, 1.82) is 0 Å². The molecule has 0 spiro atoms. The van der Waals surface area contributed by atoms with Crippen LogP contribution in [0.3, 0.4) is 0 Å². The number of rotatable bonds is 7. The van der Waals surface area contributed by atoms with Crippen molar-refractivity contribution in [2.24, 2.45) is 0 Å². The average molecular weight is 446 g/mol. The number of carbonyl (C=O) groups excluding carboxylic acids is 2. The summed E-state index contributed by atoms with van der Waals surface area (Å²) < 4.78 is 5.39. The lowest BCUT2D eigenvalue weighted by molar-refractivity contribution is -0.115. The molecule has 2 aromatic carbocycles. The molecular formula is C23H28ClN3O4. The Bertz CT molecular complexity index is 942. The molecule has 7 nitrogen and oxygen atoms in total. The summed E-state index contributed by atoms with van der Waals surface area (Å²) in [7, 11) is 0. The van der Waals surface area contributed by atoms with Crippen LogP contribution in [0.5, 0.6) is 0 Å². The number of hydrogen-bond acceptors (Lipinski definition) is 5. The number of benzene rings is 2. The Balaban J connectivity index is 1.67. The van der Waals surface area contributed by atoms with Crippen LogP contribution in [0.1, 0.15) is 29.8 Å². The number of aliphatic hydroxyl groups is 1. The summed E-state index contributed by atoms with van der Waals surface area (Å²) in [6, 6.07) is 12.6. The Morgan fingerprint density at radius 1 is 1.16 bits per heavy atom. The molecule has 1 fully saturated rings. The Morgan fingerprint density at radius 2 is 1.90 bits per heavy atom. The SMILES string of the molecule is CC(C)(CO)NC(=O)c1cc(Cl)cc(NC(=O)Cc2cccc(N3CCOCC3)c2)c1. The topological polar surface area (TPSA) is 90.9 Å². The van der Waals surface area contributed by atoms with Crippen LogP contribution in [-0.2, 0) is 16.0 Å². The van der Waals surface area contributed by atoms with Gasteiger partial charge in [-0.3, -0.25) is 9.59 Å². The predicted octanol–water partition coefficient (Wildman–Crippen LogP) is 2.86. The van der Waals surface area contributed by atoms with E-state index in [2.05, 4.69) is 15.5 Å². The summed E-state index contributed by atoms with van der Waals surface area (Å²) in [4.78, 5) is 27.3. The van der Waals surface area contributed by atoms with Crippen LogP contribution >= 0.6 is 11.6 Å². The Labute approximate surface area is 187 Å². The van der Waals surface area contributed by atoms with Gasteiger partial charge in [0.2, 0.25) is 5.91 Å². The van der Waals surface area contributed by atoms with E-state index in [-0.39, 0.29) is 24.8 Å². The van der Waals surface area contributed by atoms with E-state index in [0.29, 0.717) is 29.5 Å². The van der Waals surface area contributed by atoms with E-state index in [4.69, 9.17) is 16.3 Å². The van der Waals surface area contributed by atoms with Crippen molar-refractivity contribution in [3.05, 3.63) is 58.6 Å². The molecule has 31 heavy (non-hydrogen) atoms. The second kappa shape index (κ2) is 10.1. The number of nitrogens with one attached hydrogen (secondary N) is 2. The highest BCUT2D eigenvalue weighted by molar-refractivity contribution is 6.31. The number of aliphatic hydroxyl groups excluding tert-OH is 1. The molecule has 0 radical (unpaired) electrons. The van der Waals surface area contributed by atoms with E-state index < -0.39 is 5.54 Å². The summed E-state index contributed by atoms with van der Waals surface area (Å²) in [6.45, 7) is 6.28. The van der Waals surface area contributed by atoms with Gasteiger partial charge < -0.3 is 25.4 Å². The highest BCUT2D eigenvalue weighted by Crippen LogP contribution is 2.21. The summed E-state index contributed by atoms with van der Waals surface area (Å²) in [5.41, 5.74) is 1.94. The third kappa shape index (κ3) is 6.69. The lowest BCUT2D eigenvalue weighted by atomic mass is 10.1. The van der Waals surface area contributed by atoms with E-state index >= 15 is 0 Å². The minimum atomic E-state index is -0.770. The Morgan fingerprint density at radius 3 is 2.61 bits per heavy atom. The zero-order chi connectivity index (χ0) is 22.4. The number of ether oxygens (including phenoxy) is 1. The molecule has 0 unspecified atom stereocenters. The molecule has 166 valence electrons. The van der Waals surface area contributed by atoms with Gasteiger partial charge in [-0.25, -0.2) is 0 Å². The standard InChI is InChI=1S/C23H28ClN3O4/c1-23(2,15-28)26-22(30)17-12-18(24)14-19(13-17)25-21(29)11-16-4-3-5-20(10-16)27-6-8-31-9-7-27/h3-5,10,12-14,28H,6-9,11,15H2,1-2H3,(H,25,29)(H,26,30). The van der Waals surface area contributed by atoms with Gasteiger partial charge in [0.1, 0.15) is 0 Å². The van der Waals surface area contributed by atoms with Crippen LogP contribution in [0.2, 0.25) is 5.02 Å². The lowest BCUT2D eigenvalue weighted by Crippen LogP contribution is -2.46. The van der Waals surface area contributed by atoms with Crippen molar-refractivity contribution in [2.45, 2.75) is 25.8 Å². The summed E-state index contributed by atoms with van der Waals surface area (Å²) in [5, 5.41) is 15.2. The molecule has 3 rings (SSSR count). The highest BCUT2D eigenvalue weighted by atomic mass is 35.5. The fraction of sp³-hybridized carbons (Fsp3) is 0.391. The first-order valence-electron chi connectivity index (χ1n) is 10.2. The van der Waals surface area contributed by atoms with Gasteiger partial charge in [-0.1, -0.05) is 23.7 Å². The third-order valence-corrected chi connectivity index (χ3v) is 5.16. The van der Waals surface area contributed by atoms with Gasteiger partial charge in [0.05, 0.1) is 31.8 Å². The highest BCUT2D eigenvalue weighted by Gasteiger charge is 2.21. The lowest BCUT2D eigenvalue weighted by Gasteiger charge is -2.29. The molecule has 0 atom stereocenters. The Kier molecular flexibility index (Phi) is 7.54. The molecule has 3 N–H and O–H groups in total. The summed E-state index contributed by atoms with van der Waals surface area (Å²) in [5.74, 6) is -0.585. The maximum Gasteiger partial charge on any atom is 0.251 e. The van der Waals surface area contributed by atoms with Crippen molar-refractivity contribution in [1.82, 2.24) is 5.32 Å². The Hall–Kier alpha value is -2.61. The second-order valence-corrected chi connectivity index (χ2v) is 8.66. The number of nitrogens with zero attached hydrogens (tertiary/aromatic N) is 1. The molecule has 8 heteroatoms. The van der Waals surface area contributed by atoms with E-state index in [1.165, 1.54) is 6.07 Å². The summed E-state index contributed by atoms with van der Waals surface area (Å²) >= 11 is 6.15. The average Bonchev–Trinajstić information content (AvgIpc) is 2.73. The molecular weight excluding hydrogens is 418 g/mol. The molecule has 1 aliphatic heterocycles. The first kappa shape index (κ1) is 23.1. The van der Waals surface area contributed by atoms with Gasteiger partial charge in [0.25, 0.3) is 5.91 Å². The normalized spacial score (nSPS) is 14.3. The van der Waals surface area contributed by atoms with Gasteiger partial charge in [0.15, 0.2) is 0 Å². The van der Waals surface area contributed by atoms with Gasteiger partial charge in [-0.15, -0.1) is 0 Å². The van der Waals surface area contributed by atoms with Gasteiger partial charge >= 0.3 is 0 Å². The maximum absolute atomic E-state index is 12.6. The smallest absolute Gasteiger partial charge is 0.251 e. The molecule has 0 aliphatic carbocycles. The fourth-order valence-corrected chi connectivity index (χ4v) is 3.52. The van der Waals surface area contributed by atoms with Crippen molar-refractivity contribution in [3.8, 4) is 0 Å². The zero-order valence-corrected chi connectivity index (χ0v) is 18.5. The molecule has 0 saturated carbocycles. The number of amides is 2. The number of carbonyl (C=O) groups is 2. The molecule has 1 saturated heterocycles. The summed E-state index contributed by atoms with van der Waals surface area (Å²) in [6.07, 6.45) is 0.198. The van der Waals surface area contributed by atoms with E-state index in [9.17, 15) is 14.7 Å². The molecule has 1 aliphatic rings. The quantitative estimate of drug-likeness (QED) is 0.609. The molecule has 1 heterocycles. The van der Waals surface area contributed by atoms with E-state index in [1.54, 1.807) is 26.0 Å². The van der Waals surface area contributed by atoms with Crippen LogP contribution in [0, 0.1) is 0 Å². The second-order valence-electron chi connectivity index (χ2n) is 8.22. The molecule has 2 aromatic rings. The van der Waals surface area contributed by atoms with Crippen molar-refractivity contribution < 1.29 is 19.4 Å².